The number of amides is 1. The summed E-state index contributed by atoms with van der Waals surface area (Å²) in [5, 5.41) is 9.43. The van der Waals surface area contributed by atoms with Crippen molar-refractivity contribution in [3.05, 3.63) is 34.2 Å². The highest BCUT2D eigenvalue weighted by Crippen LogP contribution is 2.35. The maximum absolute atomic E-state index is 12.5. The smallest absolute Gasteiger partial charge is 0.326 e. The van der Waals surface area contributed by atoms with E-state index in [-0.39, 0.29) is 5.56 Å². The summed E-state index contributed by atoms with van der Waals surface area (Å²) in [5.41, 5.74) is -0.931. The SMILES string of the molecule is CC1(C)CCCN(C(=O)c2c[nH]ccc2=O)C1C(=O)O. The number of hydrogen-bond acceptors (Lipinski definition) is 3. The van der Waals surface area contributed by atoms with Crippen molar-refractivity contribution < 1.29 is 14.7 Å². The van der Waals surface area contributed by atoms with Crippen LogP contribution in [0.2, 0.25) is 0 Å². The van der Waals surface area contributed by atoms with Crippen LogP contribution in [0.1, 0.15) is 37.0 Å². The lowest BCUT2D eigenvalue weighted by molar-refractivity contribution is -0.148. The number of carbonyl (C=O) groups excluding carboxylic acids is 1. The molecule has 20 heavy (non-hydrogen) atoms. The molecule has 0 spiro atoms. The number of rotatable bonds is 2. The number of aromatic amines is 1. The van der Waals surface area contributed by atoms with Gasteiger partial charge < -0.3 is 15.0 Å². The molecule has 2 heterocycles. The van der Waals surface area contributed by atoms with Crippen LogP contribution in [-0.2, 0) is 4.79 Å². The molecule has 1 unspecified atom stereocenters. The zero-order valence-corrected chi connectivity index (χ0v) is 11.5. The summed E-state index contributed by atoms with van der Waals surface area (Å²) in [6, 6.07) is 0.348. The molecule has 6 nitrogen and oxygen atoms in total. The molecule has 1 saturated heterocycles. The Morgan fingerprint density at radius 3 is 2.75 bits per heavy atom. The van der Waals surface area contributed by atoms with Gasteiger partial charge in [-0.05, 0) is 18.3 Å². The number of pyridine rings is 1. The molecule has 6 heteroatoms. The van der Waals surface area contributed by atoms with Crippen molar-refractivity contribution in [1.82, 2.24) is 9.88 Å². The van der Waals surface area contributed by atoms with Gasteiger partial charge in [0.25, 0.3) is 5.91 Å². The molecule has 1 aliphatic rings. The van der Waals surface area contributed by atoms with Crippen LogP contribution in [0.15, 0.2) is 23.3 Å². The molecule has 1 aliphatic heterocycles. The van der Waals surface area contributed by atoms with Crippen molar-refractivity contribution in [3.63, 3.8) is 0 Å². The predicted octanol–water partition coefficient (Wildman–Crippen LogP) is 1.09. The molecule has 0 aromatic carbocycles. The van der Waals surface area contributed by atoms with Crippen molar-refractivity contribution in [1.29, 1.82) is 0 Å². The van der Waals surface area contributed by atoms with Gasteiger partial charge in [-0.25, -0.2) is 4.79 Å². The van der Waals surface area contributed by atoms with Crippen LogP contribution in [-0.4, -0.2) is 39.5 Å². The Hall–Kier alpha value is -2.11. The highest BCUT2D eigenvalue weighted by molar-refractivity contribution is 5.96. The Bertz CT molecular complexity index is 591. The molecule has 0 saturated carbocycles. The number of hydrogen-bond donors (Lipinski definition) is 2. The Kier molecular flexibility index (Phi) is 3.65. The van der Waals surface area contributed by atoms with Gasteiger partial charge >= 0.3 is 5.97 Å². The number of carbonyl (C=O) groups is 2. The van der Waals surface area contributed by atoms with Gasteiger partial charge in [-0.1, -0.05) is 13.8 Å². The molecular formula is C14H18N2O4. The highest BCUT2D eigenvalue weighted by atomic mass is 16.4. The first-order valence-electron chi connectivity index (χ1n) is 6.55. The van der Waals surface area contributed by atoms with E-state index in [0.717, 1.165) is 12.8 Å². The van der Waals surface area contributed by atoms with Crippen molar-refractivity contribution >= 4 is 11.9 Å². The van der Waals surface area contributed by atoms with E-state index in [9.17, 15) is 19.5 Å². The lowest BCUT2D eigenvalue weighted by atomic mass is 9.76. The molecule has 1 aromatic rings. The third kappa shape index (κ3) is 2.45. The zero-order chi connectivity index (χ0) is 14.9. The number of nitrogens with zero attached hydrogens (tertiary/aromatic N) is 1. The van der Waals surface area contributed by atoms with Gasteiger partial charge in [0, 0.05) is 25.0 Å². The summed E-state index contributed by atoms with van der Waals surface area (Å²) < 4.78 is 0. The van der Waals surface area contributed by atoms with Gasteiger partial charge in [0.05, 0.1) is 0 Å². The van der Waals surface area contributed by atoms with Gasteiger partial charge in [0.2, 0.25) is 0 Å². The standard InChI is InChI=1S/C14H18N2O4/c1-14(2)5-3-7-16(11(14)13(19)20)12(18)9-8-15-6-4-10(9)17/h4,6,8,11H,3,5,7H2,1-2H3,(H,15,17)(H,19,20). The van der Waals surface area contributed by atoms with Gasteiger partial charge in [-0.3, -0.25) is 9.59 Å². The van der Waals surface area contributed by atoms with Crippen LogP contribution in [0, 0.1) is 5.41 Å². The minimum absolute atomic E-state index is 0.0172. The van der Waals surface area contributed by atoms with E-state index >= 15 is 0 Å². The minimum Gasteiger partial charge on any atom is -0.480 e. The van der Waals surface area contributed by atoms with E-state index < -0.39 is 28.8 Å². The number of piperidine rings is 1. The van der Waals surface area contributed by atoms with Crippen molar-refractivity contribution in [2.75, 3.05) is 6.54 Å². The maximum atomic E-state index is 12.5. The van der Waals surface area contributed by atoms with E-state index in [0.29, 0.717) is 6.54 Å². The molecule has 1 fully saturated rings. The van der Waals surface area contributed by atoms with Gasteiger partial charge in [-0.15, -0.1) is 0 Å². The summed E-state index contributed by atoms with van der Waals surface area (Å²) in [7, 11) is 0. The molecule has 0 aliphatic carbocycles. The van der Waals surface area contributed by atoms with Gasteiger partial charge in [-0.2, -0.15) is 0 Å². The van der Waals surface area contributed by atoms with E-state index in [1.54, 1.807) is 0 Å². The summed E-state index contributed by atoms with van der Waals surface area (Å²) in [4.78, 5) is 39.7. The molecule has 1 aromatic heterocycles. The summed E-state index contributed by atoms with van der Waals surface area (Å²) >= 11 is 0. The zero-order valence-electron chi connectivity index (χ0n) is 11.5. The van der Waals surface area contributed by atoms with Crippen LogP contribution in [0.4, 0.5) is 0 Å². The number of nitrogens with one attached hydrogen (secondary N) is 1. The molecule has 1 amide bonds. The normalized spacial score (nSPS) is 21.5. The molecule has 0 bridgehead atoms. The third-order valence-electron chi connectivity index (χ3n) is 3.82. The van der Waals surface area contributed by atoms with Crippen LogP contribution < -0.4 is 5.43 Å². The van der Waals surface area contributed by atoms with E-state index in [1.807, 2.05) is 13.8 Å². The second kappa shape index (κ2) is 5.11. The molecule has 2 rings (SSSR count). The lowest BCUT2D eigenvalue weighted by Crippen LogP contribution is -2.56. The summed E-state index contributed by atoms with van der Waals surface area (Å²) in [6.07, 6.45) is 4.23. The number of H-pyrrole nitrogens is 1. The van der Waals surface area contributed by atoms with Crippen LogP contribution in [0.3, 0.4) is 0 Å². The number of aromatic nitrogens is 1. The number of likely N-dealkylation sites (tertiary alicyclic amines) is 1. The fraction of sp³-hybridized carbons (Fsp3) is 0.500. The number of carboxylic acid groups (broad SMARTS) is 1. The quantitative estimate of drug-likeness (QED) is 0.847. The topological polar surface area (TPSA) is 90.5 Å². The minimum atomic E-state index is -1.03. The fourth-order valence-corrected chi connectivity index (χ4v) is 2.82. The van der Waals surface area contributed by atoms with E-state index in [1.165, 1.54) is 23.4 Å². The van der Waals surface area contributed by atoms with Crippen LogP contribution >= 0.6 is 0 Å². The average Bonchev–Trinajstić information content (AvgIpc) is 2.36. The molecule has 1 atom stereocenters. The van der Waals surface area contributed by atoms with Crippen molar-refractivity contribution in [2.45, 2.75) is 32.7 Å². The average molecular weight is 278 g/mol. The highest BCUT2D eigenvalue weighted by Gasteiger charge is 2.44. The summed E-state index contributed by atoms with van der Waals surface area (Å²) in [5.74, 6) is -1.55. The first kappa shape index (κ1) is 14.3. The fourth-order valence-electron chi connectivity index (χ4n) is 2.82. The molecular weight excluding hydrogens is 260 g/mol. The Morgan fingerprint density at radius 2 is 2.15 bits per heavy atom. The second-order valence-corrected chi connectivity index (χ2v) is 5.75. The van der Waals surface area contributed by atoms with E-state index in [4.69, 9.17) is 0 Å². The molecule has 2 N–H and O–H groups in total. The first-order valence-corrected chi connectivity index (χ1v) is 6.55. The number of carboxylic acids is 1. The summed E-state index contributed by atoms with van der Waals surface area (Å²) in [6.45, 7) is 4.02. The number of aliphatic carboxylic acids is 1. The Labute approximate surface area is 116 Å². The second-order valence-electron chi connectivity index (χ2n) is 5.75. The van der Waals surface area contributed by atoms with Crippen LogP contribution in [0.25, 0.3) is 0 Å². The third-order valence-corrected chi connectivity index (χ3v) is 3.82. The van der Waals surface area contributed by atoms with Crippen molar-refractivity contribution in [3.8, 4) is 0 Å². The van der Waals surface area contributed by atoms with Gasteiger partial charge in [0.15, 0.2) is 5.43 Å². The maximum Gasteiger partial charge on any atom is 0.326 e. The largest absolute Gasteiger partial charge is 0.480 e. The van der Waals surface area contributed by atoms with E-state index in [2.05, 4.69) is 4.98 Å². The van der Waals surface area contributed by atoms with Gasteiger partial charge in [0.1, 0.15) is 11.6 Å². The molecule has 0 radical (unpaired) electrons. The van der Waals surface area contributed by atoms with Crippen LogP contribution in [0.5, 0.6) is 0 Å². The monoisotopic (exact) mass is 278 g/mol. The Morgan fingerprint density at radius 1 is 1.45 bits per heavy atom. The molecule has 108 valence electrons. The van der Waals surface area contributed by atoms with Crippen molar-refractivity contribution in [2.24, 2.45) is 5.41 Å². The lowest BCUT2D eigenvalue weighted by Gasteiger charge is -2.43. The first-order chi connectivity index (χ1) is 9.34. The Balaban J connectivity index is 2.40. The predicted molar refractivity (Wildman–Crippen MR) is 72.5 cm³/mol.